The van der Waals surface area contributed by atoms with E-state index in [1.165, 1.54) is 30.8 Å². The van der Waals surface area contributed by atoms with E-state index in [1.807, 2.05) is 20.1 Å². The Balaban J connectivity index is 3.39. The number of nitrogens with two attached hydrogens (primary N) is 2. The molecule has 0 aliphatic carbocycles. The molecule has 1 rings (SSSR count). The standard InChI is InChI=1S/C34H55N7O9S/c1-18(2)13-22(17-42)37-30(46)24(11-12-51-6)38-32(48)26(15-21-7-9-23(44)10-8-21)40-31(47)25(14-19(3)4)39-33(49)27(16-28(35)45)41-34(50)29(36)20(5)43/h7-10,17-20,22,24-27,29,43-44H,11-16,36H2,1-6H3,(H2,35,45)(H,37,46)(H,38,48)(H,39,49)(H,40,47)(H,41,50)/t20-,22+,24+,25+,26+,27+,29+/m1/s1. The lowest BCUT2D eigenvalue weighted by Crippen LogP contribution is -2.60. The SMILES string of the molecule is CSCC[C@H](NC(=O)[C@H](Cc1ccc(O)cc1)NC(=O)[C@H](CC(C)C)NC(=O)[C@H](CC(N)=O)NC(=O)[C@@H](N)[C@@H](C)O)C(=O)N[C@H](C=O)CC(C)C. The van der Waals surface area contributed by atoms with Crippen LogP contribution in [0, 0.1) is 11.8 Å². The Bertz CT molecular complexity index is 1330. The molecule has 0 bridgehead atoms. The first kappa shape index (κ1) is 44.8. The summed E-state index contributed by atoms with van der Waals surface area (Å²) in [6.07, 6.45) is 1.22. The number of carbonyl (C=O) groups is 7. The molecule has 0 spiro atoms. The monoisotopic (exact) mass is 737 g/mol. The van der Waals surface area contributed by atoms with Crippen molar-refractivity contribution in [2.24, 2.45) is 23.3 Å². The zero-order valence-electron chi connectivity index (χ0n) is 30.1. The number of nitrogens with one attached hydrogen (secondary N) is 5. The molecule has 51 heavy (non-hydrogen) atoms. The number of primary amides is 1. The molecule has 0 saturated heterocycles. The van der Waals surface area contributed by atoms with E-state index in [-0.39, 0.29) is 36.8 Å². The van der Waals surface area contributed by atoms with Crippen molar-refractivity contribution in [3.05, 3.63) is 29.8 Å². The molecule has 17 heteroatoms. The molecule has 11 N–H and O–H groups in total. The Labute approximate surface area is 303 Å². The maximum Gasteiger partial charge on any atom is 0.243 e. The summed E-state index contributed by atoms with van der Waals surface area (Å²) >= 11 is 1.45. The van der Waals surface area contributed by atoms with Gasteiger partial charge in [-0.15, -0.1) is 0 Å². The maximum atomic E-state index is 13.8. The molecular weight excluding hydrogens is 682 g/mol. The topological polar surface area (TPSA) is 272 Å². The number of phenolic OH excluding ortho intramolecular Hbond substituents is 1. The molecule has 0 radical (unpaired) electrons. The van der Waals surface area contributed by atoms with E-state index in [2.05, 4.69) is 26.6 Å². The third-order valence-corrected chi connectivity index (χ3v) is 8.31. The van der Waals surface area contributed by atoms with Crippen LogP contribution in [-0.4, -0.2) is 106 Å². The number of aliphatic hydroxyl groups is 1. The molecule has 0 heterocycles. The Morgan fingerprint density at radius 2 is 1.24 bits per heavy atom. The molecule has 0 fully saturated rings. The minimum atomic E-state index is -1.53. The Kier molecular flexibility index (Phi) is 19.8. The third-order valence-electron chi connectivity index (χ3n) is 7.67. The highest BCUT2D eigenvalue weighted by Gasteiger charge is 2.33. The minimum Gasteiger partial charge on any atom is -0.508 e. The number of carbonyl (C=O) groups excluding carboxylic acids is 7. The highest BCUT2D eigenvalue weighted by atomic mass is 32.2. The second kappa shape index (κ2) is 22.6. The average molecular weight is 738 g/mol. The quantitative estimate of drug-likeness (QED) is 0.0614. The van der Waals surface area contributed by atoms with Crippen LogP contribution in [-0.2, 0) is 40.0 Å². The van der Waals surface area contributed by atoms with Gasteiger partial charge in [0.2, 0.25) is 35.4 Å². The summed E-state index contributed by atoms with van der Waals surface area (Å²) in [4.78, 5) is 90.2. The lowest BCUT2D eigenvalue weighted by atomic mass is 10.00. The van der Waals surface area contributed by atoms with Crippen LogP contribution in [0.2, 0.25) is 0 Å². The fourth-order valence-electron chi connectivity index (χ4n) is 4.94. The zero-order valence-corrected chi connectivity index (χ0v) is 31.0. The van der Waals surface area contributed by atoms with Crippen LogP contribution in [0.1, 0.15) is 65.9 Å². The number of hydrogen-bond acceptors (Lipinski definition) is 11. The average Bonchev–Trinajstić information content (AvgIpc) is 3.04. The summed E-state index contributed by atoms with van der Waals surface area (Å²) in [5.74, 6) is -4.40. The first-order valence-electron chi connectivity index (χ1n) is 16.8. The van der Waals surface area contributed by atoms with Gasteiger partial charge in [0.15, 0.2) is 0 Å². The van der Waals surface area contributed by atoms with Gasteiger partial charge in [-0.3, -0.25) is 28.8 Å². The molecule has 286 valence electrons. The first-order valence-corrected chi connectivity index (χ1v) is 18.2. The fraction of sp³-hybridized carbons (Fsp3) is 0.618. The van der Waals surface area contributed by atoms with Crippen molar-refractivity contribution in [3.63, 3.8) is 0 Å². The van der Waals surface area contributed by atoms with Gasteiger partial charge in [-0.25, -0.2) is 0 Å². The second-order valence-corrected chi connectivity index (χ2v) is 14.3. The molecule has 6 amide bonds. The smallest absolute Gasteiger partial charge is 0.243 e. The molecule has 7 atom stereocenters. The summed E-state index contributed by atoms with van der Waals surface area (Å²) in [6, 6.07) is -1.34. The van der Waals surface area contributed by atoms with Gasteiger partial charge in [0.05, 0.1) is 18.6 Å². The third kappa shape index (κ3) is 17.0. The summed E-state index contributed by atoms with van der Waals surface area (Å²) < 4.78 is 0. The van der Waals surface area contributed by atoms with Crippen molar-refractivity contribution in [2.45, 2.75) is 109 Å². The van der Waals surface area contributed by atoms with Crippen LogP contribution in [0.15, 0.2) is 24.3 Å². The number of phenols is 1. The van der Waals surface area contributed by atoms with E-state index < -0.39 is 84.2 Å². The number of rotatable bonds is 23. The number of thioether (sulfide) groups is 1. The number of hydrogen-bond donors (Lipinski definition) is 9. The summed E-state index contributed by atoms with van der Waals surface area (Å²) in [6.45, 7) is 8.66. The van der Waals surface area contributed by atoms with E-state index in [1.54, 1.807) is 26.0 Å². The van der Waals surface area contributed by atoms with Gasteiger partial charge in [-0.2, -0.15) is 11.8 Å². The summed E-state index contributed by atoms with van der Waals surface area (Å²) in [5.41, 5.74) is 11.5. The highest BCUT2D eigenvalue weighted by molar-refractivity contribution is 7.98. The minimum absolute atomic E-state index is 0.0181. The van der Waals surface area contributed by atoms with E-state index in [0.717, 1.165) is 0 Å². The molecule has 0 saturated carbocycles. The number of aromatic hydroxyl groups is 1. The number of benzene rings is 1. The second-order valence-electron chi connectivity index (χ2n) is 13.3. The van der Waals surface area contributed by atoms with Crippen LogP contribution >= 0.6 is 11.8 Å². The van der Waals surface area contributed by atoms with Crippen LogP contribution in [0.4, 0.5) is 0 Å². The number of aldehydes is 1. The number of aliphatic hydroxyl groups excluding tert-OH is 1. The molecule has 0 aromatic heterocycles. The van der Waals surface area contributed by atoms with E-state index >= 15 is 0 Å². The Morgan fingerprint density at radius 3 is 1.75 bits per heavy atom. The highest BCUT2D eigenvalue weighted by Crippen LogP contribution is 2.14. The first-order chi connectivity index (χ1) is 23.9. The molecule has 1 aromatic rings. The van der Waals surface area contributed by atoms with Gasteiger partial charge in [-0.1, -0.05) is 39.8 Å². The molecule has 0 aliphatic heterocycles. The summed E-state index contributed by atoms with van der Waals surface area (Å²) in [7, 11) is 0. The molecule has 1 aromatic carbocycles. The molecular formula is C34H55N7O9S. The van der Waals surface area contributed by atoms with Crippen LogP contribution in [0.5, 0.6) is 5.75 Å². The van der Waals surface area contributed by atoms with Crippen molar-refractivity contribution in [1.82, 2.24) is 26.6 Å². The van der Waals surface area contributed by atoms with Crippen molar-refractivity contribution < 1.29 is 43.8 Å². The van der Waals surface area contributed by atoms with Gasteiger partial charge >= 0.3 is 0 Å². The van der Waals surface area contributed by atoms with Gasteiger partial charge in [0.1, 0.15) is 42.2 Å². The Morgan fingerprint density at radius 1 is 0.745 bits per heavy atom. The zero-order chi connectivity index (χ0) is 38.8. The lowest BCUT2D eigenvalue weighted by molar-refractivity contribution is -0.136. The normalized spacial score (nSPS) is 15.3. The van der Waals surface area contributed by atoms with E-state index in [4.69, 9.17) is 11.5 Å². The van der Waals surface area contributed by atoms with Crippen molar-refractivity contribution in [2.75, 3.05) is 12.0 Å². The summed E-state index contributed by atoms with van der Waals surface area (Å²) in [5, 5.41) is 32.3. The molecule has 16 nitrogen and oxygen atoms in total. The van der Waals surface area contributed by atoms with Crippen molar-refractivity contribution in [1.29, 1.82) is 0 Å². The molecule has 0 aliphatic rings. The van der Waals surface area contributed by atoms with Crippen molar-refractivity contribution in [3.8, 4) is 5.75 Å². The van der Waals surface area contributed by atoms with Crippen LogP contribution in [0.25, 0.3) is 0 Å². The molecule has 0 unspecified atom stereocenters. The van der Waals surface area contributed by atoms with E-state index in [9.17, 15) is 43.8 Å². The largest absolute Gasteiger partial charge is 0.508 e. The van der Waals surface area contributed by atoms with E-state index in [0.29, 0.717) is 24.0 Å². The van der Waals surface area contributed by atoms with Crippen LogP contribution < -0.4 is 38.1 Å². The van der Waals surface area contributed by atoms with Gasteiger partial charge < -0.3 is 53.1 Å². The lowest BCUT2D eigenvalue weighted by Gasteiger charge is -2.28. The Hall–Kier alpha value is -4.22. The maximum absolute atomic E-state index is 13.8. The van der Waals surface area contributed by atoms with Gasteiger partial charge in [0, 0.05) is 6.42 Å². The van der Waals surface area contributed by atoms with Crippen molar-refractivity contribution >= 4 is 53.5 Å². The fourth-order valence-corrected chi connectivity index (χ4v) is 5.41. The predicted octanol–water partition coefficient (Wildman–Crippen LogP) is -1.01. The van der Waals surface area contributed by atoms with Gasteiger partial charge in [-0.05, 0) is 67.7 Å². The predicted molar refractivity (Wildman–Crippen MR) is 193 cm³/mol. The number of amides is 6. The van der Waals surface area contributed by atoms with Gasteiger partial charge in [0.25, 0.3) is 0 Å². The van der Waals surface area contributed by atoms with Crippen LogP contribution in [0.3, 0.4) is 0 Å².